The van der Waals surface area contributed by atoms with Crippen LogP contribution in [0.3, 0.4) is 0 Å². The van der Waals surface area contributed by atoms with Crippen molar-refractivity contribution in [3.63, 3.8) is 0 Å². The largest absolute Gasteiger partial charge is 0.478 e. The van der Waals surface area contributed by atoms with E-state index in [1.54, 1.807) is 24.0 Å². The molecule has 1 unspecified atom stereocenters. The molecule has 2 amide bonds. The van der Waals surface area contributed by atoms with Gasteiger partial charge in [0.05, 0.1) is 10.3 Å². The Labute approximate surface area is 125 Å². The number of hydrogen-bond acceptors (Lipinski definition) is 4. The summed E-state index contributed by atoms with van der Waals surface area (Å²) in [5.74, 6) is -1.58. The van der Waals surface area contributed by atoms with Crippen molar-refractivity contribution in [3.05, 3.63) is 28.0 Å². The van der Waals surface area contributed by atoms with Crippen LogP contribution in [0.4, 0.5) is 0 Å². The standard InChI is InChI=1S/C14H16N2O4S/c1-14(13(15)20)6-7-16(8-14)12(19)10-4-2-9(21-10)3-5-11(17)18/h2-5H,6-8H2,1H3,(H2,15,20)(H,17,18)/b5-3+. The van der Waals surface area contributed by atoms with Crippen LogP contribution in [0.2, 0.25) is 0 Å². The number of rotatable bonds is 4. The first kappa shape index (κ1) is 15.2. The normalized spacial score (nSPS) is 21.9. The summed E-state index contributed by atoms with van der Waals surface area (Å²) in [7, 11) is 0. The van der Waals surface area contributed by atoms with Crippen molar-refractivity contribution in [2.24, 2.45) is 11.1 Å². The van der Waals surface area contributed by atoms with Crippen molar-refractivity contribution in [3.8, 4) is 0 Å². The Morgan fingerprint density at radius 1 is 1.43 bits per heavy atom. The number of hydrogen-bond donors (Lipinski definition) is 2. The quantitative estimate of drug-likeness (QED) is 0.816. The minimum absolute atomic E-state index is 0.153. The first-order valence-electron chi connectivity index (χ1n) is 6.42. The Morgan fingerprint density at radius 2 is 2.14 bits per heavy atom. The second-order valence-electron chi connectivity index (χ2n) is 5.28. The minimum Gasteiger partial charge on any atom is -0.478 e. The van der Waals surface area contributed by atoms with E-state index in [1.165, 1.54) is 17.4 Å². The van der Waals surface area contributed by atoms with E-state index in [4.69, 9.17) is 10.8 Å². The summed E-state index contributed by atoms with van der Waals surface area (Å²) in [6.45, 7) is 2.58. The van der Waals surface area contributed by atoms with Gasteiger partial charge < -0.3 is 15.7 Å². The molecule has 6 nitrogen and oxygen atoms in total. The third-order valence-electron chi connectivity index (χ3n) is 3.58. The third-order valence-corrected chi connectivity index (χ3v) is 4.62. The molecule has 7 heteroatoms. The lowest BCUT2D eigenvalue weighted by atomic mass is 9.89. The molecule has 1 saturated heterocycles. The molecule has 0 radical (unpaired) electrons. The Balaban J connectivity index is 2.08. The molecule has 0 spiro atoms. The average Bonchev–Trinajstić information content (AvgIpc) is 3.03. The summed E-state index contributed by atoms with van der Waals surface area (Å²) in [6, 6.07) is 3.36. The maximum absolute atomic E-state index is 12.4. The van der Waals surface area contributed by atoms with E-state index < -0.39 is 17.3 Å². The van der Waals surface area contributed by atoms with Gasteiger partial charge in [0.1, 0.15) is 0 Å². The van der Waals surface area contributed by atoms with Gasteiger partial charge in [0, 0.05) is 24.0 Å². The Hall–Kier alpha value is -2.15. The number of carboxylic acids is 1. The van der Waals surface area contributed by atoms with Gasteiger partial charge >= 0.3 is 5.97 Å². The number of nitrogens with two attached hydrogens (primary N) is 1. The summed E-state index contributed by atoms with van der Waals surface area (Å²) < 4.78 is 0. The second-order valence-corrected chi connectivity index (χ2v) is 6.39. The maximum Gasteiger partial charge on any atom is 0.328 e. The first-order valence-corrected chi connectivity index (χ1v) is 7.23. The van der Waals surface area contributed by atoms with E-state index >= 15 is 0 Å². The highest BCUT2D eigenvalue weighted by Gasteiger charge is 2.40. The van der Waals surface area contributed by atoms with E-state index in [9.17, 15) is 14.4 Å². The lowest BCUT2D eigenvalue weighted by Crippen LogP contribution is -2.38. The van der Waals surface area contributed by atoms with Gasteiger partial charge in [0.2, 0.25) is 5.91 Å². The van der Waals surface area contributed by atoms with E-state index in [0.717, 1.165) is 6.08 Å². The molecule has 112 valence electrons. The number of likely N-dealkylation sites (tertiary alicyclic amines) is 1. The zero-order chi connectivity index (χ0) is 15.6. The van der Waals surface area contributed by atoms with Crippen LogP contribution < -0.4 is 5.73 Å². The molecule has 1 aromatic heterocycles. The molecule has 0 saturated carbocycles. The van der Waals surface area contributed by atoms with Crippen LogP contribution in [0.25, 0.3) is 6.08 Å². The van der Waals surface area contributed by atoms with Gasteiger partial charge in [-0.3, -0.25) is 9.59 Å². The van der Waals surface area contributed by atoms with Crippen molar-refractivity contribution >= 4 is 35.2 Å². The molecule has 1 aliphatic heterocycles. The average molecular weight is 308 g/mol. The van der Waals surface area contributed by atoms with E-state index in [0.29, 0.717) is 29.3 Å². The summed E-state index contributed by atoms with van der Waals surface area (Å²) in [6.07, 6.45) is 3.03. The van der Waals surface area contributed by atoms with Gasteiger partial charge in [0.15, 0.2) is 0 Å². The molecule has 21 heavy (non-hydrogen) atoms. The summed E-state index contributed by atoms with van der Waals surface area (Å²) in [4.78, 5) is 37.0. The number of thiophene rings is 1. The zero-order valence-corrected chi connectivity index (χ0v) is 12.4. The number of amides is 2. The van der Waals surface area contributed by atoms with Crippen molar-refractivity contribution in [1.29, 1.82) is 0 Å². The number of carbonyl (C=O) groups is 3. The molecule has 1 fully saturated rings. The van der Waals surface area contributed by atoms with Gasteiger partial charge in [-0.1, -0.05) is 0 Å². The second kappa shape index (κ2) is 5.69. The van der Waals surface area contributed by atoms with Crippen LogP contribution in [0.15, 0.2) is 18.2 Å². The highest BCUT2D eigenvalue weighted by molar-refractivity contribution is 7.14. The molecule has 0 aliphatic carbocycles. The molecule has 1 aliphatic rings. The molecule has 2 heterocycles. The Bertz CT molecular complexity index is 622. The summed E-state index contributed by atoms with van der Waals surface area (Å²) in [5, 5.41) is 8.57. The number of nitrogens with zero attached hydrogens (tertiary/aromatic N) is 1. The Kier molecular flexibility index (Phi) is 4.13. The monoisotopic (exact) mass is 308 g/mol. The van der Waals surface area contributed by atoms with Gasteiger partial charge in [-0.15, -0.1) is 11.3 Å². The topological polar surface area (TPSA) is 101 Å². The predicted octanol–water partition coefficient (Wildman–Crippen LogP) is 1.18. The SMILES string of the molecule is CC1(C(N)=O)CCN(C(=O)c2ccc(/C=C/C(=O)O)s2)C1. The lowest BCUT2D eigenvalue weighted by molar-refractivity contribution is -0.131. The van der Waals surface area contributed by atoms with Gasteiger partial charge in [-0.2, -0.15) is 0 Å². The number of primary amides is 1. The molecule has 1 aromatic rings. The minimum atomic E-state index is -1.03. The molecule has 0 aromatic carbocycles. The third kappa shape index (κ3) is 3.30. The fourth-order valence-electron chi connectivity index (χ4n) is 2.20. The summed E-state index contributed by atoms with van der Waals surface area (Å²) in [5.41, 5.74) is 4.70. The highest BCUT2D eigenvalue weighted by atomic mass is 32.1. The molecular formula is C14H16N2O4S. The van der Waals surface area contributed by atoms with Crippen LogP contribution in [-0.2, 0) is 9.59 Å². The maximum atomic E-state index is 12.4. The summed E-state index contributed by atoms with van der Waals surface area (Å²) >= 11 is 1.22. The lowest BCUT2D eigenvalue weighted by Gasteiger charge is -2.20. The Morgan fingerprint density at radius 3 is 2.71 bits per heavy atom. The van der Waals surface area contributed by atoms with Crippen LogP contribution in [0.1, 0.15) is 27.9 Å². The van der Waals surface area contributed by atoms with Crippen molar-refractivity contribution in [1.82, 2.24) is 4.90 Å². The van der Waals surface area contributed by atoms with Crippen LogP contribution in [0, 0.1) is 5.41 Å². The van der Waals surface area contributed by atoms with Crippen LogP contribution in [-0.4, -0.2) is 40.9 Å². The fourth-order valence-corrected chi connectivity index (χ4v) is 3.08. The molecule has 0 bridgehead atoms. The van der Waals surface area contributed by atoms with Crippen LogP contribution >= 0.6 is 11.3 Å². The first-order chi connectivity index (χ1) is 9.82. The molecular weight excluding hydrogens is 292 g/mol. The van der Waals surface area contributed by atoms with Crippen LogP contribution in [0.5, 0.6) is 0 Å². The van der Waals surface area contributed by atoms with Gasteiger partial charge in [-0.25, -0.2) is 4.79 Å². The van der Waals surface area contributed by atoms with Crippen molar-refractivity contribution in [2.75, 3.05) is 13.1 Å². The van der Waals surface area contributed by atoms with Crippen molar-refractivity contribution < 1.29 is 19.5 Å². The number of carbonyl (C=O) groups excluding carboxylic acids is 2. The fraction of sp³-hybridized carbons (Fsp3) is 0.357. The molecule has 2 rings (SSSR count). The smallest absolute Gasteiger partial charge is 0.328 e. The number of aliphatic carboxylic acids is 1. The van der Waals surface area contributed by atoms with E-state index in [2.05, 4.69) is 0 Å². The highest BCUT2D eigenvalue weighted by Crippen LogP contribution is 2.31. The van der Waals surface area contributed by atoms with E-state index in [1.807, 2.05) is 0 Å². The van der Waals surface area contributed by atoms with Crippen molar-refractivity contribution in [2.45, 2.75) is 13.3 Å². The zero-order valence-electron chi connectivity index (χ0n) is 11.5. The van der Waals surface area contributed by atoms with E-state index in [-0.39, 0.29) is 5.91 Å². The number of carboxylic acid groups (broad SMARTS) is 1. The predicted molar refractivity (Wildman–Crippen MR) is 78.8 cm³/mol. The molecule has 3 N–H and O–H groups in total. The molecule has 1 atom stereocenters. The van der Waals surface area contributed by atoms with Gasteiger partial charge in [0.25, 0.3) is 5.91 Å². The van der Waals surface area contributed by atoms with Gasteiger partial charge in [-0.05, 0) is 31.6 Å².